The van der Waals surface area contributed by atoms with Crippen LogP contribution >= 0.6 is 0 Å². The summed E-state index contributed by atoms with van der Waals surface area (Å²) in [6.45, 7) is 4.83. The van der Waals surface area contributed by atoms with Crippen LogP contribution in [-0.4, -0.2) is 19.2 Å². The fourth-order valence-electron chi connectivity index (χ4n) is 1.34. The van der Waals surface area contributed by atoms with Crippen LogP contribution < -0.4 is 33.4 Å². The normalized spacial score (nSPS) is 9.89. The van der Waals surface area contributed by atoms with Crippen LogP contribution in [0.15, 0.2) is 24.3 Å². The molecule has 0 heterocycles. The van der Waals surface area contributed by atoms with E-state index in [4.69, 9.17) is 9.47 Å². The molecule has 0 saturated heterocycles. The second kappa shape index (κ2) is 8.68. The number of aliphatic carboxylic acids is 1. The molecule has 92 valence electrons. The number of carbonyl (C=O) groups excluding carboxylic acids is 1. The molecule has 0 spiro atoms. The van der Waals surface area contributed by atoms with Gasteiger partial charge in [0.05, 0.1) is 19.2 Å². The van der Waals surface area contributed by atoms with Crippen LogP contribution in [0.2, 0.25) is 0 Å². The summed E-state index contributed by atoms with van der Waals surface area (Å²) in [5, 5.41) is 10.3. The van der Waals surface area contributed by atoms with Crippen molar-refractivity contribution in [3.05, 3.63) is 29.8 Å². The number of carboxylic acids is 1. The zero-order valence-electron chi connectivity index (χ0n) is 10.9. The molecule has 0 aliphatic rings. The minimum absolute atomic E-state index is 0. The molecule has 0 radical (unpaired) electrons. The van der Waals surface area contributed by atoms with Gasteiger partial charge in [0.15, 0.2) is 11.5 Å². The van der Waals surface area contributed by atoms with Crippen LogP contribution in [0, 0.1) is 0 Å². The fourth-order valence-corrected chi connectivity index (χ4v) is 1.34. The molecule has 5 heteroatoms. The van der Waals surface area contributed by atoms with Crippen molar-refractivity contribution in [2.24, 2.45) is 0 Å². The van der Waals surface area contributed by atoms with Gasteiger partial charge in [0, 0.05) is 0 Å². The van der Waals surface area contributed by atoms with Crippen molar-refractivity contribution in [2.75, 3.05) is 13.2 Å². The maximum absolute atomic E-state index is 10.3. The van der Waals surface area contributed by atoms with Gasteiger partial charge < -0.3 is 19.4 Å². The van der Waals surface area contributed by atoms with Gasteiger partial charge >= 0.3 is 18.9 Å². The molecule has 0 amide bonds. The number of hydrogen-bond donors (Lipinski definition) is 0. The summed E-state index contributed by atoms with van der Waals surface area (Å²) in [5.74, 6) is 0.0339. The largest absolute Gasteiger partial charge is 1.00 e. The zero-order valence-corrected chi connectivity index (χ0v) is 10.9. The number of rotatable bonds is 6. The molecule has 0 N–H and O–H groups in total. The summed E-state index contributed by atoms with van der Waals surface area (Å²) in [6.07, 6.45) is 2.43. The standard InChI is InChI=1S/C13H16O4.Li/c1-3-16-11-7-5-10(6-8-13(14)15)9-12(11)17-4-2;/h5-9H,3-4H2,1-2H3,(H,14,15);/q;+1/p-1/b8-6+;. The second-order valence-electron chi connectivity index (χ2n) is 3.22. The molecule has 18 heavy (non-hydrogen) atoms. The molecular formula is C13H15LiO4. The second-order valence-corrected chi connectivity index (χ2v) is 3.22. The van der Waals surface area contributed by atoms with Crippen LogP contribution in [0.5, 0.6) is 11.5 Å². The Morgan fingerprint density at radius 2 is 1.83 bits per heavy atom. The maximum Gasteiger partial charge on any atom is 1.00 e. The van der Waals surface area contributed by atoms with Crippen LogP contribution in [-0.2, 0) is 4.79 Å². The summed E-state index contributed by atoms with van der Waals surface area (Å²) >= 11 is 0. The molecule has 1 rings (SSSR count). The predicted octanol–water partition coefficient (Wildman–Crippen LogP) is -1.75. The van der Waals surface area contributed by atoms with Crippen molar-refractivity contribution in [1.82, 2.24) is 0 Å². The van der Waals surface area contributed by atoms with E-state index in [1.807, 2.05) is 13.8 Å². The average molecular weight is 242 g/mol. The summed E-state index contributed by atoms with van der Waals surface area (Å²) in [7, 11) is 0. The third kappa shape index (κ3) is 5.31. The molecule has 0 fully saturated rings. The van der Waals surface area contributed by atoms with E-state index in [2.05, 4.69) is 0 Å². The Labute approximate surface area is 119 Å². The topological polar surface area (TPSA) is 58.6 Å². The van der Waals surface area contributed by atoms with E-state index >= 15 is 0 Å². The van der Waals surface area contributed by atoms with Gasteiger partial charge in [-0.3, -0.25) is 0 Å². The third-order valence-electron chi connectivity index (χ3n) is 1.98. The Kier molecular flexibility index (Phi) is 8.02. The van der Waals surface area contributed by atoms with Gasteiger partial charge in [-0.2, -0.15) is 0 Å². The number of carboxylic acid groups (broad SMARTS) is 1. The van der Waals surface area contributed by atoms with E-state index in [-0.39, 0.29) is 18.9 Å². The SMILES string of the molecule is CCOc1ccc(/C=C/C(=O)[O-])cc1OCC.[Li+]. The van der Waals surface area contributed by atoms with Crippen LogP contribution in [0.1, 0.15) is 19.4 Å². The maximum atomic E-state index is 10.3. The van der Waals surface area contributed by atoms with Crippen molar-refractivity contribution in [1.29, 1.82) is 0 Å². The molecule has 0 bridgehead atoms. The monoisotopic (exact) mass is 242 g/mol. The first-order valence-corrected chi connectivity index (χ1v) is 5.46. The van der Waals surface area contributed by atoms with Crippen LogP contribution in [0.25, 0.3) is 6.08 Å². The van der Waals surface area contributed by atoms with E-state index in [0.29, 0.717) is 24.7 Å². The first kappa shape index (κ1) is 16.6. The molecule has 0 aliphatic heterocycles. The van der Waals surface area contributed by atoms with Crippen molar-refractivity contribution in [3.63, 3.8) is 0 Å². The van der Waals surface area contributed by atoms with Gasteiger partial charge in [-0.05, 0) is 37.6 Å². The van der Waals surface area contributed by atoms with Gasteiger partial charge in [0.2, 0.25) is 0 Å². The first-order chi connectivity index (χ1) is 8.17. The van der Waals surface area contributed by atoms with E-state index in [0.717, 1.165) is 11.6 Å². The first-order valence-electron chi connectivity index (χ1n) is 5.46. The van der Waals surface area contributed by atoms with Crippen molar-refractivity contribution in [3.8, 4) is 11.5 Å². The van der Waals surface area contributed by atoms with E-state index in [9.17, 15) is 9.90 Å². The number of carbonyl (C=O) groups is 1. The van der Waals surface area contributed by atoms with E-state index in [1.54, 1.807) is 18.2 Å². The van der Waals surface area contributed by atoms with Crippen molar-refractivity contribution < 1.29 is 38.2 Å². The van der Waals surface area contributed by atoms with Gasteiger partial charge in [0.1, 0.15) is 0 Å². The molecule has 1 aromatic carbocycles. The smallest absolute Gasteiger partial charge is 0.545 e. The summed E-state index contributed by atoms with van der Waals surface area (Å²) in [6, 6.07) is 5.24. The van der Waals surface area contributed by atoms with Crippen molar-refractivity contribution in [2.45, 2.75) is 13.8 Å². The summed E-state index contributed by atoms with van der Waals surface area (Å²) in [5.41, 5.74) is 0.723. The Bertz CT molecular complexity index is 415. The molecule has 0 atom stereocenters. The molecule has 1 aromatic rings. The van der Waals surface area contributed by atoms with Gasteiger partial charge in [0.25, 0.3) is 0 Å². The van der Waals surface area contributed by atoms with Gasteiger partial charge in [-0.15, -0.1) is 0 Å². The van der Waals surface area contributed by atoms with Crippen molar-refractivity contribution >= 4 is 12.0 Å². The van der Waals surface area contributed by atoms with E-state index < -0.39 is 5.97 Å². The van der Waals surface area contributed by atoms with Crippen LogP contribution in [0.3, 0.4) is 0 Å². The third-order valence-corrected chi connectivity index (χ3v) is 1.98. The van der Waals surface area contributed by atoms with Gasteiger partial charge in [-0.25, -0.2) is 0 Å². The average Bonchev–Trinajstić information content (AvgIpc) is 2.30. The summed E-state index contributed by atoms with van der Waals surface area (Å²) < 4.78 is 10.8. The Morgan fingerprint density at radius 1 is 1.22 bits per heavy atom. The Hall–Kier alpha value is -1.37. The Balaban J connectivity index is 0.00000289. The minimum Gasteiger partial charge on any atom is -0.545 e. The fraction of sp³-hybridized carbons (Fsp3) is 0.308. The molecular weight excluding hydrogens is 227 g/mol. The Morgan fingerprint density at radius 3 is 2.39 bits per heavy atom. The molecule has 4 nitrogen and oxygen atoms in total. The van der Waals surface area contributed by atoms with Gasteiger partial charge in [-0.1, -0.05) is 12.1 Å². The van der Waals surface area contributed by atoms with Crippen LogP contribution in [0.4, 0.5) is 0 Å². The zero-order chi connectivity index (χ0) is 12.7. The molecule has 0 unspecified atom stereocenters. The quantitative estimate of drug-likeness (QED) is 0.438. The number of benzene rings is 1. The minimum atomic E-state index is -1.23. The van der Waals surface area contributed by atoms with E-state index in [1.165, 1.54) is 6.08 Å². The summed E-state index contributed by atoms with van der Waals surface area (Å²) in [4.78, 5) is 10.3. The number of hydrogen-bond acceptors (Lipinski definition) is 4. The molecule has 0 saturated carbocycles. The molecule has 0 aliphatic carbocycles. The molecule has 0 aromatic heterocycles. The number of ether oxygens (including phenoxy) is 2. The predicted molar refractivity (Wildman–Crippen MR) is 62.8 cm³/mol.